The van der Waals surface area contributed by atoms with Crippen molar-refractivity contribution in [3.63, 3.8) is 0 Å². The van der Waals surface area contributed by atoms with Crippen molar-refractivity contribution in [1.82, 2.24) is 4.57 Å². The number of rotatable bonds is 8. The van der Waals surface area contributed by atoms with E-state index in [4.69, 9.17) is 0 Å². The maximum Gasteiger partial charge on any atom is 0.0547 e. The first-order valence-corrected chi connectivity index (χ1v) is 20.6. The third kappa shape index (κ3) is 6.23. The van der Waals surface area contributed by atoms with Crippen LogP contribution in [0.3, 0.4) is 0 Å². The van der Waals surface area contributed by atoms with Crippen LogP contribution in [-0.4, -0.2) is 4.57 Å². The molecule has 2 heteroatoms. The van der Waals surface area contributed by atoms with Gasteiger partial charge in [-0.15, -0.1) is 0 Å². The lowest BCUT2D eigenvalue weighted by molar-refractivity contribution is 1.18. The first-order valence-electron chi connectivity index (χ1n) is 20.6. The Morgan fingerprint density at radius 2 is 0.833 bits per heavy atom. The fraction of sp³-hybridized carbons (Fsp3) is 0. The van der Waals surface area contributed by atoms with E-state index in [-0.39, 0.29) is 0 Å². The van der Waals surface area contributed by atoms with Gasteiger partial charge in [0, 0.05) is 33.4 Å². The van der Waals surface area contributed by atoms with Gasteiger partial charge in [0.05, 0.1) is 16.7 Å². The van der Waals surface area contributed by atoms with Gasteiger partial charge in [-0.2, -0.15) is 0 Å². The molecule has 282 valence electrons. The number of para-hydroxylation sites is 3. The Hall–Kier alpha value is -7.94. The SMILES string of the molecule is c1ccc(-c2ccccc2-c2ccc(N(c3ccc4ccccc4c3)c3ccccc3-c3cccc(-c4cccc5c4c4ccccc4n5-c4ccccc4)c3)cc2)cc1. The number of benzene rings is 10. The Morgan fingerprint density at radius 1 is 0.300 bits per heavy atom. The van der Waals surface area contributed by atoms with Gasteiger partial charge in [0.15, 0.2) is 0 Å². The molecule has 11 rings (SSSR count). The second-order valence-corrected chi connectivity index (χ2v) is 15.3. The molecule has 10 aromatic carbocycles. The maximum atomic E-state index is 2.41. The Labute approximate surface area is 350 Å². The zero-order valence-corrected chi connectivity index (χ0v) is 33.0. The highest BCUT2D eigenvalue weighted by Crippen LogP contribution is 2.44. The van der Waals surface area contributed by atoms with E-state index in [1.807, 2.05) is 0 Å². The molecule has 0 N–H and O–H groups in total. The summed E-state index contributed by atoms with van der Waals surface area (Å²) >= 11 is 0. The number of hydrogen-bond donors (Lipinski definition) is 0. The standard InChI is InChI=1S/C58H40N2/c1-3-18-42(19-4-1)50-25-9-10-26-51(50)43-34-36-48(37-35-43)59(49-38-33-41-17-7-8-20-44(41)40-49)55-30-13-11-27-52(55)45-21-15-22-46(39-45)53-29-16-32-57-58(53)54-28-12-14-31-56(54)60(57)47-23-5-2-6-24-47/h1-40H. The normalized spacial score (nSPS) is 11.3. The molecule has 0 fully saturated rings. The van der Waals surface area contributed by atoms with Crippen LogP contribution in [0.2, 0.25) is 0 Å². The van der Waals surface area contributed by atoms with Gasteiger partial charge in [-0.05, 0) is 110 Å². The largest absolute Gasteiger partial charge is 0.310 e. The van der Waals surface area contributed by atoms with Crippen LogP contribution in [0.15, 0.2) is 243 Å². The van der Waals surface area contributed by atoms with Crippen molar-refractivity contribution in [3.8, 4) is 50.2 Å². The highest BCUT2D eigenvalue weighted by atomic mass is 15.1. The summed E-state index contributed by atoms with van der Waals surface area (Å²) < 4.78 is 2.39. The zero-order chi connectivity index (χ0) is 39.8. The third-order valence-electron chi connectivity index (χ3n) is 11.8. The molecule has 1 heterocycles. The Bertz CT molecular complexity index is 3310. The molecule has 0 radical (unpaired) electrons. The van der Waals surface area contributed by atoms with E-state index >= 15 is 0 Å². The van der Waals surface area contributed by atoms with Gasteiger partial charge in [0.2, 0.25) is 0 Å². The van der Waals surface area contributed by atoms with Crippen LogP contribution in [-0.2, 0) is 0 Å². The van der Waals surface area contributed by atoms with Crippen LogP contribution in [0.4, 0.5) is 17.1 Å². The van der Waals surface area contributed by atoms with E-state index in [2.05, 4.69) is 252 Å². The maximum absolute atomic E-state index is 2.41. The van der Waals surface area contributed by atoms with E-state index in [0.29, 0.717) is 0 Å². The molecule has 0 saturated heterocycles. The van der Waals surface area contributed by atoms with E-state index < -0.39 is 0 Å². The molecule has 2 nitrogen and oxygen atoms in total. The molecule has 0 amide bonds. The first-order chi connectivity index (χ1) is 29.8. The van der Waals surface area contributed by atoms with Crippen molar-refractivity contribution in [2.75, 3.05) is 4.90 Å². The molecule has 0 aliphatic carbocycles. The minimum absolute atomic E-state index is 1.09. The second kappa shape index (κ2) is 15.1. The molecule has 11 aromatic rings. The van der Waals surface area contributed by atoms with Crippen molar-refractivity contribution in [3.05, 3.63) is 243 Å². The summed E-state index contributed by atoms with van der Waals surface area (Å²) in [6.07, 6.45) is 0. The van der Waals surface area contributed by atoms with E-state index in [9.17, 15) is 0 Å². The van der Waals surface area contributed by atoms with E-state index in [0.717, 1.165) is 33.9 Å². The third-order valence-corrected chi connectivity index (χ3v) is 11.8. The van der Waals surface area contributed by atoms with Crippen LogP contribution in [0.25, 0.3) is 82.8 Å². The Morgan fingerprint density at radius 3 is 1.62 bits per heavy atom. The molecule has 0 aliphatic rings. The fourth-order valence-electron chi connectivity index (χ4n) is 9.02. The minimum Gasteiger partial charge on any atom is -0.310 e. The molecular formula is C58H40N2. The smallest absolute Gasteiger partial charge is 0.0547 e. The molecule has 0 unspecified atom stereocenters. The Balaban J connectivity index is 1.06. The fourth-order valence-corrected chi connectivity index (χ4v) is 9.02. The lowest BCUT2D eigenvalue weighted by Gasteiger charge is -2.28. The van der Waals surface area contributed by atoms with Crippen LogP contribution in [0.5, 0.6) is 0 Å². The predicted octanol–water partition coefficient (Wildman–Crippen LogP) is 16.1. The molecule has 60 heavy (non-hydrogen) atoms. The molecule has 0 atom stereocenters. The molecule has 0 aliphatic heterocycles. The molecule has 0 bridgehead atoms. The topological polar surface area (TPSA) is 8.17 Å². The van der Waals surface area contributed by atoms with Crippen LogP contribution in [0.1, 0.15) is 0 Å². The number of nitrogens with zero attached hydrogens (tertiary/aromatic N) is 2. The highest BCUT2D eigenvalue weighted by Gasteiger charge is 2.20. The summed E-state index contributed by atoms with van der Waals surface area (Å²) in [5, 5.41) is 4.93. The van der Waals surface area contributed by atoms with Crippen LogP contribution >= 0.6 is 0 Å². The van der Waals surface area contributed by atoms with Gasteiger partial charge in [-0.1, -0.05) is 182 Å². The summed E-state index contributed by atoms with van der Waals surface area (Å²) in [7, 11) is 0. The van der Waals surface area contributed by atoms with E-state index in [1.54, 1.807) is 0 Å². The van der Waals surface area contributed by atoms with Crippen LogP contribution < -0.4 is 4.90 Å². The number of hydrogen-bond acceptors (Lipinski definition) is 1. The second-order valence-electron chi connectivity index (χ2n) is 15.3. The summed E-state index contributed by atoms with van der Waals surface area (Å²) in [6.45, 7) is 0. The summed E-state index contributed by atoms with van der Waals surface area (Å²) in [5.74, 6) is 0. The first kappa shape index (κ1) is 35.2. The van der Waals surface area contributed by atoms with Crippen molar-refractivity contribution >= 4 is 49.6 Å². The summed E-state index contributed by atoms with van der Waals surface area (Å²) in [4.78, 5) is 2.41. The number of aromatic nitrogens is 1. The number of fused-ring (bicyclic) bond motifs is 4. The van der Waals surface area contributed by atoms with Gasteiger partial charge in [0.1, 0.15) is 0 Å². The highest BCUT2D eigenvalue weighted by molar-refractivity contribution is 6.16. The van der Waals surface area contributed by atoms with Gasteiger partial charge in [-0.3, -0.25) is 0 Å². The zero-order valence-electron chi connectivity index (χ0n) is 33.0. The number of anilines is 3. The minimum atomic E-state index is 1.09. The average Bonchev–Trinajstić information content (AvgIpc) is 3.67. The predicted molar refractivity (Wildman–Crippen MR) is 255 cm³/mol. The van der Waals surface area contributed by atoms with E-state index in [1.165, 1.54) is 66.0 Å². The molecule has 0 saturated carbocycles. The van der Waals surface area contributed by atoms with Gasteiger partial charge in [0.25, 0.3) is 0 Å². The van der Waals surface area contributed by atoms with Crippen LogP contribution in [0, 0.1) is 0 Å². The molecule has 0 spiro atoms. The monoisotopic (exact) mass is 764 g/mol. The van der Waals surface area contributed by atoms with Crippen molar-refractivity contribution < 1.29 is 0 Å². The quantitative estimate of drug-likeness (QED) is 0.150. The van der Waals surface area contributed by atoms with Gasteiger partial charge < -0.3 is 9.47 Å². The van der Waals surface area contributed by atoms with Crippen molar-refractivity contribution in [1.29, 1.82) is 0 Å². The average molecular weight is 765 g/mol. The summed E-state index contributed by atoms with van der Waals surface area (Å²) in [5.41, 5.74) is 16.4. The summed E-state index contributed by atoms with van der Waals surface area (Å²) in [6, 6.07) is 87.9. The van der Waals surface area contributed by atoms with Crippen molar-refractivity contribution in [2.24, 2.45) is 0 Å². The van der Waals surface area contributed by atoms with Crippen molar-refractivity contribution in [2.45, 2.75) is 0 Å². The lowest BCUT2D eigenvalue weighted by Crippen LogP contribution is -2.11. The molecular weight excluding hydrogens is 725 g/mol. The van der Waals surface area contributed by atoms with Gasteiger partial charge in [-0.25, -0.2) is 0 Å². The lowest BCUT2D eigenvalue weighted by atomic mass is 9.94. The Kier molecular flexibility index (Phi) is 8.87. The molecule has 1 aromatic heterocycles. The van der Waals surface area contributed by atoms with Gasteiger partial charge >= 0.3 is 0 Å².